The maximum Gasteiger partial charge on any atom is 0.253 e. The minimum absolute atomic E-state index is 0.160. The Kier molecular flexibility index (Phi) is 5.64. The molecule has 1 aromatic heterocycles. The van der Waals surface area contributed by atoms with Crippen molar-refractivity contribution >= 4 is 5.91 Å². The number of benzene rings is 1. The summed E-state index contributed by atoms with van der Waals surface area (Å²) in [5.41, 5.74) is 1.94. The number of hydrogen-bond donors (Lipinski definition) is 1. The summed E-state index contributed by atoms with van der Waals surface area (Å²) in [5, 5.41) is 7.42. The van der Waals surface area contributed by atoms with Crippen LogP contribution in [0.2, 0.25) is 0 Å². The average Bonchev–Trinajstić information content (AvgIpc) is 3.13. The summed E-state index contributed by atoms with van der Waals surface area (Å²) >= 11 is 0. The molecule has 128 valence electrons. The van der Waals surface area contributed by atoms with Crippen molar-refractivity contribution in [1.29, 1.82) is 0 Å². The van der Waals surface area contributed by atoms with E-state index in [-0.39, 0.29) is 5.91 Å². The average molecular weight is 326 g/mol. The first-order valence-electron chi connectivity index (χ1n) is 8.76. The Balaban J connectivity index is 1.54. The molecule has 0 bridgehead atoms. The maximum atomic E-state index is 12.6. The highest BCUT2D eigenvalue weighted by atomic mass is 16.2. The monoisotopic (exact) mass is 326 g/mol. The summed E-state index contributed by atoms with van der Waals surface area (Å²) in [7, 11) is 1.99. The third kappa shape index (κ3) is 4.23. The first-order chi connectivity index (χ1) is 11.8. The number of carbonyl (C=O) groups is 1. The fourth-order valence-corrected chi connectivity index (χ4v) is 3.29. The predicted octanol–water partition coefficient (Wildman–Crippen LogP) is 2.39. The van der Waals surface area contributed by atoms with E-state index in [0.29, 0.717) is 0 Å². The Hall–Kier alpha value is -2.14. The van der Waals surface area contributed by atoms with Gasteiger partial charge in [-0.05, 0) is 62.5 Å². The molecular formula is C19H26N4O. The highest BCUT2D eigenvalue weighted by Crippen LogP contribution is 2.21. The number of nitrogens with one attached hydrogen (secondary N) is 1. The van der Waals surface area contributed by atoms with Crippen LogP contribution in [0, 0.1) is 5.92 Å². The van der Waals surface area contributed by atoms with Gasteiger partial charge in [0.15, 0.2) is 0 Å². The molecule has 5 nitrogen and oxygen atoms in total. The van der Waals surface area contributed by atoms with Gasteiger partial charge in [0.2, 0.25) is 0 Å². The quantitative estimate of drug-likeness (QED) is 0.887. The van der Waals surface area contributed by atoms with E-state index in [1.165, 1.54) is 6.42 Å². The fraction of sp³-hybridized carbons (Fsp3) is 0.474. The largest absolute Gasteiger partial charge is 0.339 e. The van der Waals surface area contributed by atoms with Crippen LogP contribution in [0.1, 0.15) is 35.2 Å². The van der Waals surface area contributed by atoms with Crippen LogP contribution in [0.25, 0.3) is 0 Å². The number of hydrogen-bond acceptors (Lipinski definition) is 3. The van der Waals surface area contributed by atoms with E-state index >= 15 is 0 Å². The Morgan fingerprint density at radius 1 is 1.25 bits per heavy atom. The molecule has 1 aliphatic rings. The van der Waals surface area contributed by atoms with Crippen LogP contribution in [0.4, 0.5) is 0 Å². The van der Waals surface area contributed by atoms with Crippen molar-refractivity contribution in [3.8, 4) is 0 Å². The Labute approximate surface area is 143 Å². The molecule has 0 saturated carbocycles. The van der Waals surface area contributed by atoms with Crippen LogP contribution < -0.4 is 5.32 Å². The molecule has 0 aliphatic carbocycles. The fourth-order valence-electron chi connectivity index (χ4n) is 3.29. The molecule has 5 heteroatoms. The van der Waals surface area contributed by atoms with Crippen LogP contribution in [-0.4, -0.2) is 47.3 Å². The number of amides is 1. The standard InChI is InChI=1S/C19H26N4O/c1-20-11-7-16-8-13-22(14-9-16)19(24)18-5-3-17(4-6-18)15-23-12-2-10-21-23/h2-6,10,12,16,20H,7-9,11,13-15H2,1H3. The van der Waals surface area contributed by atoms with E-state index in [1.807, 2.05) is 53.2 Å². The second kappa shape index (κ2) is 8.11. The van der Waals surface area contributed by atoms with Crippen LogP contribution in [0.5, 0.6) is 0 Å². The Morgan fingerprint density at radius 3 is 2.62 bits per heavy atom. The molecule has 1 aromatic carbocycles. The van der Waals surface area contributed by atoms with Gasteiger partial charge in [-0.25, -0.2) is 0 Å². The smallest absolute Gasteiger partial charge is 0.253 e. The Bertz CT molecular complexity index is 628. The molecular weight excluding hydrogens is 300 g/mol. The van der Waals surface area contributed by atoms with Crippen LogP contribution >= 0.6 is 0 Å². The summed E-state index contributed by atoms with van der Waals surface area (Å²) in [4.78, 5) is 14.6. The van der Waals surface area contributed by atoms with Gasteiger partial charge in [0, 0.05) is 31.0 Å². The molecule has 1 N–H and O–H groups in total. The van der Waals surface area contributed by atoms with Gasteiger partial charge >= 0.3 is 0 Å². The lowest BCUT2D eigenvalue weighted by atomic mass is 9.93. The van der Waals surface area contributed by atoms with Crippen molar-refractivity contribution in [3.05, 3.63) is 53.9 Å². The number of rotatable bonds is 6. The molecule has 3 rings (SSSR count). The molecule has 1 amide bonds. The molecule has 0 spiro atoms. The molecule has 1 saturated heterocycles. The number of piperidine rings is 1. The molecule has 2 aromatic rings. The van der Waals surface area contributed by atoms with Gasteiger partial charge in [0.05, 0.1) is 6.54 Å². The van der Waals surface area contributed by atoms with Crippen LogP contribution in [0.3, 0.4) is 0 Å². The van der Waals surface area contributed by atoms with Crippen molar-refractivity contribution in [2.24, 2.45) is 5.92 Å². The lowest BCUT2D eigenvalue weighted by Crippen LogP contribution is -2.38. The topological polar surface area (TPSA) is 50.2 Å². The van der Waals surface area contributed by atoms with Gasteiger partial charge in [0.25, 0.3) is 5.91 Å². The summed E-state index contributed by atoms with van der Waals surface area (Å²) in [5.74, 6) is 0.908. The summed E-state index contributed by atoms with van der Waals surface area (Å²) in [6.07, 6.45) is 7.16. The van der Waals surface area contributed by atoms with Gasteiger partial charge in [-0.1, -0.05) is 12.1 Å². The lowest BCUT2D eigenvalue weighted by molar-refractivity contribution is 0.0687. The highest BCUT2D eigenvalue weighted by molar-refractivity contribution is 5.94. The number of aromatic nitrogens is 2. The van der Waals surface area contributed by atoms with Crippen molar-refractivity contribution in [2.75, 3.05) is 26.7 Å². The molecule has 24 heavy (non-hydrogen) atoms. The lowest BCUT2D eigenvalue weighted by Gasteiger charge is -2.32. The van der Waals surface area contributed by atoms with E-state index in [1.54, 1.807) is 6.20 Å². The molecule has 1 aliphatic heterocycles. The predicted molar refractivity (Wildman–Crippen MR) is 94.9 cm³/mol. The van der Waals surface area contributed by atoms with Gasteiger partial charge in [-0.2, -0.15) is 5.10 Å². The summed E-state index contributed by atoms with van der Waals surface area (Å²) < 4.78 is 1.88. The molecule has 0 radical (unpaired) electrons. The zero-order valence-corrected chi connectivity index (χ0v) is 14.3. The number of likely N-dealkylation sites (tertiary alicyclic amines) is 1. The second-order valence-electron chi connectivity index (χ2n) is 6.53. The molecule has 1 fully saturated rings. The van der Waals surface area contributed by atoms with E-state index in [9.17, 15) is 4.79 Å². The van der Waals surface area contributed by atoms with Crippen molar-refractivity contribution in [3.63, 3.8) is 0 Å². The Morgan fingerprint density at radius 2 is 2.00 bits per heavy atom. The summed E-state index contributed by atoms with van der Waals surface area (Å²) in [6.45, 7) is 3.55. The third-order valence-electron chi connectivity index (χ3n) is 4.81. The zero-order valence-electron chi connectivity index (χ0n) is 14.3. The van der Waals surface area contributed by atoms with E-state index in [4.69, 9.17) is 0 Å². The molecule has 0 unspecified atom stereocenters. The molecule has 0 atom stereocenters. The molecule has 2 heterocycles. The van der Waals surface area contributed by atoms with Crippen molar-refractivity contribution in [2.45, 2.75) is 25.8 Å². The number of carbonyl (C=O) groups excluding carboxylic acids is 1. The third-order valence-corrected chi connectivity index (χ3v) is 4.81. The SMILES string of the molecule is CNCCC1CCN(C(=O)c2ccc(Cn3cccn3)cc2)CC1. The summed E-state index contributed by atoms with van der Waals surface area (Å²) in [6, 6.07) is 9.84. The zero-order chi connectivity index (χ0) is 16.8. The minimum Gasteiger partial charge on any atom is -0.339 e. The first kappa shape index (κ1) is 16.7. The van der Waals surface area contributed by atoms with Crippen LogP contribution in [0.15, 0.2) is 42.7 Å². The van der Waals surface area contributed by atoms with Gasteiger partial charge in [0.1, 0.15) is 0 Å². The van der Waals surface area contributed by atoms with Crippen LogP contribution in [-0.2, 0) is 6.54 Å². The van der Waals surface area contributed by atoms with E-state index in [0.717, 1.165) is 56.1 Å². The van der Waals surface area contributed by atoms with Gasteiger partial charge in [-0.15, -0.1) is 0 Å². The highest BCUT2D eigenvalue weighted by Gasteiger charge is 2.23. The first-order valence-corrected chi connectivity index (χ1v) is 8.76. The minimum atomic E-state index is 0.160. The van der Waals surface area contributed by atoms with Crippen molar-refractivity contribution < 1.29 is 4.79 Å². The van der Waals surface area contributed by atoms with Gasteiger partial charge < -0.3 is 10.2 Å². The number of nitrogens with zero attached hydrogens (tertiary/aromatic N) is 3. The van der Waals surface area contributed by atoms with Crippen molar-refractivity contribution in [1.82, 2.24) is 20.0 Å². The normalized spacial score (nSPS) is 15.6. The maximum absolute atomic E-state index is 12.6. The van der Waals surface area contributed by atoms with Gasteiger partial charge in [-0.3, -0.25) is 9.48 Å². The second-order valence-corrected chi connectivity index (χ2v) is 6.53. The van der Waals surface area contributed by atoms with E-state index in [2.05, 4.69) is 10.4 Å². The van der Waals surface area contributed by atoms with E-state index < -0.39 is 0 Å².